The topological polar surface area (TPSA) is 23.9 Å². The quantitative estimate of drug-likeness (QED) is 0.483. The third kappa shape index (κ3) is 2.62. The van der Waals surface area contributed by atoms with Gasteiger partial charge in [0.2, 0.25) is 0 Å². The summed E-state index contributed by atoms with van der Waals surface area (Å²) in [6, 6.07) is 9.83. The van der Waals surface area contributed by atoms with Gasteiger partial charge in [-0.25, -0.2) is 0 Å². The minimum Gasteiger partial charge on any atom is -0.275 e. The van der Waals surface area contributed by atoms with Crippen molar-refractivity contribution in [1.82, 2.24) is 0 Å². The number of rotatable bonds is 0. The van der Waals surface area contributed by atoms with E-state index in [-0.39, 0.29) is 0 Å². The van der Waals surface area contributed by atoms with Crippen molar-refractivity contribution in [2.45, 2.75) is 0 Å². The summed E-state index contributed by atoms with van der Waals surface area (Å²) >= 11 is 0. The second-order valence-corrected chi connectivity index (χ2v) is 3.20. The van der Waals surface area contributed by atoms with Crippen LogP contribution in [0, 0.1) is 23.7 Å². The molecule has 0 amide bonds. The summed E-state index contributed by atoms with van der Waals surface area (Å²) in [7, 11) is 0. The zero-order valence-corrected chi connectivity index (χ0v) is 8.20. The fourth-order valence-corrected chi connectivity index (χ4v) is 1.26. The Morgan fingerprint density at radius 1 is 1.07 bits per heavy atom. The second-order valence-electron chi connectivity index (χ2n) is 3.20. The first-order valence-corrected chi connectivity index (χ1v) is 4.73. The maximum absolute atomic E-state index is 7.45. The number of hydrogen-bond acceptors (Lipinski definition) is 1. The molecule has 1 aromatic rings. The van der Waals surface area contributed by atoms with Gasteiger partial charge in [0.05, 0.1) is 24.6 Å². The Morgan fingerprint density at radius 3 is 2.60 bits per heavy atom. The van der Waals surface area contributed by atoms with Gasteiger partial charge >= 0.3 is 0 Å². The van der Waals surface area contributed by atoms with Gasteiger partial charge in [0.1, 0.15) is 5.57 Å². The lowest BCUT2D eigenvalue weighted by atomic mass is 10.1. The molecule has 0 saturated carbocycles. The molecule has 0 unspecified atom stereocenters. The molecule has 0 saturated heterocycles. The standard InChI is InChI=1S/C14H10N/c15-14-8-4-7-13(11-14)10-9-12-5-2-1-3-6-12/h1-8,11,15H/q+1. The molecular formula is C14H10N+. The first-order valence-electron chi connectivity index (χ1n) is 4.73. The molecule has 15 heavy (non-hydrogen) atoms. The van der Waals surface area contributed by atoms with Crippen molar-refractivity contribution in [3.8, 4) is 11.8 Å². The highest BCUT2D eigenvalue weighted by Crippen LogP contribution is 2.05. The molecule has 0 heterocycles. The van der Waals surface area contributed by atoms with Crippen LogP contribution in [0.4, 0.5) is 0 Å². The molecule has 1 aromatic carbocycles. The van der Waals surface area contributed by atoms with E-state index in [1.807, 2.05) is 42.5 Å². The second kappa shape index (κ2) is 4.34. The van der Waals surface area contributed by atoms with Gasteiger partial charge in [0, 0.05) is 5.56 Å². The maximum atomic E-state index is 7.45. The molecular weight excluding hydrogens is 182 g/mol. The van der Waals surface area contributed by atoms with E-state index in [1.165, 1.54) is 0 Å². The van der Waals surface area contributed by atoms with Crippen molar-refractivity contribution in [2.24, 2.45) is 0 Å². The first-order chi connectivity index (χ1) is 7.34. The van der Waals surface area contributed by atoms with Gasteiger partial charge in [-0.2, -0.15) is 0 Å². The number of benzene rings is 1. The molecule has 0 spiro atoms. The van der Waals surface area contributed by atoms with Gasteiger partial charge in [0.25, 0.3) is 0 Å². The van der Waals surface area contributed by atoms with Gasteiger partial charge in [-0.3, -0.25) is 5.41 Å². The van der Waals surface area contributed by atoms with Gasteiger partial charge < -0.3 is 0 Å². The third-order valence-electron chi connectivity index (χ3n) is 1.99. The molecule has 2 rings (SSSR count). The van der Waals surface area contributed by atoms with Crippen molar-refractivity contribution in [3.05, 3.63) is 66.1 Å². The van der Waals surface area contributed by atoms with Gasteiger partial charge in [-0.1, -0.05) is 24.1 Å². The summed E-state index contributed by atoms with van der Waals surface area (Å²) in [4.78, 5) is 0. The predicted octanol–water partition coefficient (Wildman–Crippen LogP) is 2.76. The Hall–Kier alpha value is -2.20. The summed E-state index contributed by atoms with van der Waals surface area (Å²) < 4.78 is 0. The molecule has 0 aromatic heterocycles. The van der Waals surface area contributed by atoms with E-state index in [0.717, 1.165) is 11.1 Å². The van der Waals surface area contributed by atoms with Crippen LogP contribution in [-0.2, 0) is 0 Å². The van der Waals surface area contributed by atoms with Gasteiger partial charge in [-0.15, -0.1) is 0 Å². The summed E-state index contributed by atoms with van der Waals surface area (Å²) in [6.07, 6.45) is 7.26. The SMILES string of the molecule is N=C1C=C(C#Cc2ccccc2)C=C[CH+]1. The average molecular weight is 192 g/mol. The Labute approximate surface area is 89.7 Å². The van der Waals surface area contributed by atoms with Crippen molar-refractivity contribution in [3.63, 3.8) is 0 Å². The molecule has 1 N–H and O–H groups in total. The highest BCUT2D eigenvalue weighted by molar-refractivity contribution is 6.03. The zero-order valence-electron chi connectivity index (χ0n) is 8.20. The normalized spacial score (nSPS) is 13.6. The summed E-state index contributed by atoms with van der Waals surface area (Å²) in [6.45, 7) is 0. The molecule has 0 radical (unpaired) electrons. The Kier molecular flexibility index (Phi) is 2.71. The lowest BCUT2D eigenvalue weighted by Gasteiger charge is -1.91. The highest BCUT2D eigenvalue weighted by Gasteiger charge is 2.06. The maximum Gasteiger partial charge on any atom is 0.166 e. The number of allylic oxidation sites excluding steroid dienone is 4. The smallest absolute Gasteiger partial charge is 0.166 e. The Bertz CT molecular complexity index is 481. The molecule has 1 nitrogen and oxygen atoms in total. The van der Waals surface area contributed by atoms with Gasteiger partial charge in [-0.05, 0) is 18.1 Å². The van der Waals surface area contributed by atoms with Crippen LogP contribution in [0.25, 0.3) is 0 Å². The largest absolute Gasteiger partial charge is 0.275 e. The van der Waals surface area contributed by atoms with E-state index in [0.29, 0.717) is 5.71 Å². The van der Waals surface area contributed by atoms with Crippen LogP contribution >= 0.6 is 0 Å². The first kappa shape index (κ1) is 9.36. The predicted molar refractivity (Wildman–Crippen MR) is 62.6 cm³/mol. The Morgan fingerprint density at radius 2 is 1.87 bits per heavy atom. The summed E-state index contributed by atoms with van der Waals surface area (Å²) in [5.41, 5.74) is 2.37. The fraction of sp³-hybridized carbons (Fsp3) is 0. The monoisotopic (exact) mass is 192 g/mol. The molecule has 0 bridgehead atoms. The van der Waals surface area contributed by atoms with Crippen LogP contribution in [0.15, 0.2) is 54.1 Å². The van der Waals surface area contributed by atoms with E-state index in [2.05, 4.69) is 11.8 Å². The molecule has 0 fully saturated rings. The average Bonchev–Trinajstić information content (AvgIpc) is 2.28. The molecule has 0 aliphatic heterocycles. The molecule has 1 heteroatoms. The molecule has 0 atom stereocenters. The van der Waals surface area contributed by atoms with E-state index >= 15 is 0 Å². The Balaban J connectivity index is 2.19. The lowest BCUT2D eigenvalue weighted by Crippen LogP contribution is -1.95. The van der Waals surface area contributed by atoms with Crippen LogP contribution in [-0.4, -0.2) is 5.71 Å². The van der Waals surface area contributed by atoms with E-state index in [4.69, 9.17) is 5.41 Å². The van der Waals surface area contributed by atoms with E-state index in [9.17, 15) is 0 Å². The fourth-order valence-electron chi connectivity index (χ4n) is 1.26. The highest BCUT2D eigenvalue weighted by atomic mass is 14.4. The van der Waals surface area contributed by atoms with Crippen molar-refractivity contribution in [2.75, 3.05) is 0 Å². The lowest BCUT2D eigenvalue weighted by molar-refractivity contribution is 1.49. The molecule has 1 aliphatic carbocycles. The van der Waals surface area contributed by atoms with Crippen LogP contribution in [0.2, 0.25) is 0 Å². The van der Waals surface area contributed by atoms with Crippen LogP contribution in [0.5, 0.6) is 0 Å². The zero-order chi connectivity index (χ0) is 10.5. The van der Waals surface area contributed by atoms with Crippen LogP contribution < -0.4 is 0 Å². The van der Waals surface area contributed by atoms with Crippen molar-refractivity contribution >= 4 is 5.71 Å². The van der Waals surface area contributed by atoms with Gasteiger partial charge in [0.15, 0.2) is 5.71 Å². The molecule has 70 valence electrons. The van der Waals surface area contributed by atoms with Crippen molar-refractivity contribution in [1.29, 1.82) is 5.41 Å². The van der Waals surface area contributed by atoms with Crippen LogP contribution in [0.3, 0.4) is 0 Å². The molecule has 1 aliphatic rings. The summed E-state index contributed by atoms with van der Waals surface area (Å²) in [5, 5.41) is 7.45. The van der Waals surface area contributed by atoms with Crippen LogP contribution in [0.1, 0.15) is 5.56 Å². The number of hydrogen-bond donors (Lipinski definition) is 1. The van der Waals surface area contributed by atoms with Crippen molar-refractivity contribution < 1.29 is 0 Å². The minimum atomic E-state index is 0.495. The minimum absolute atomic E-state index is 0.495. The number of nitrogens with one attached hydrogen (secondary N) is 1. The third-order valence-corrected chi connectivity index (χ3v) is 1.99. The van der Waals surface area contributed by atoms with E-state index < -0.39 is 0 Å². The summed E-state index contributed by atoms with van der Waals surface area (Å²) in [5.74, 6) is 6.09. The van der Waals surface area contributed by atoms with E-state index in [1.54, 1.807) is 12.5 Å².